The fourth-order valence-electron chi connectivity index (χ4n) is 2.94. The third-order valence-corrected chi connectivity index (χ3v) is 5.66. The van der Waals surface area contributed by atoms with Crippen LogP contribution in [0.5, 0.6) is 0 Å². The van der Waals surface area contributed by atoms with Gasteiger partial charge in [0.25, 0.3) is 0 Å². The smallest absolute Gasteiger partial charge is 0.244 e. The monoisotopic (exact) mass is 314 g/mol. The van der Waals surface area contributed by atoms with E-state index in [4.69, 9.17) is 4.42 Å². The maximum absolute atomic E-state index is 12.4. The van der Waals surface area contributed by atoms with Crippen molar-refractivity contribution < 1.29 is 12.8 Å². The van der Waals surface area contributed by atoms with Crippen LogP contribution in [0.2, 0.25) is 0 Å². The lowest BCUT2D eigenvalue weighted by atomic mass is 10.1. The van der Waals surface area contributed by atoms with Crippen LogP contribution in [-0.4, -0.2) is 21.5 Å². The summed E-state index contributed by atoms with van der Waals surface area (Å²) in [6.07, 6.45) is 3.42. The minimum Gasteiger partial charge on any atom is -0.464 e. The molecule has 21 heavy (non-hydrogen) atoms. The van der Waals surface area contributed by atoms with E-state index in [1.165, 1.54) is 6.42 Å². The highest BCUT2D eigenvalue weighted by Crippen LogP contribution is 2.30. The minimum absolute atomic E-state index is 0.265. The Balaban J connectivity index is 2.00. The van der Waals surface area contributed by atoms with Gasteiger partial charge in [0.1, 0.15) is 16.4 Å². The molecule has 2 N–H and O–H groups in total. The van der Waals surface area contributed by atoms with Gasteiger partial charge in [-0.1, -0.05) is 20.3 Å². The number of hydrogen-bond donors (Lipinski definition) is 2. The Kier molecular flexibility index (Phi) is 5.46. The summed E-state index contributed by atoms with van der Waals surface area (Å²) in [5.74, 6) is 2.28. The average molecular weight is 314 g/mol. The molecule has 1 aromatic rings. The van der Waals surface area contributed by atoms with Gasteiger partial charge in [0.05, 0.1) is 6.54 Å². The van der Waals surface area contributed by atoms with E-state index >= 15 is 0 Å². The molecular weight excluding hydrogens is 288 g/mol. The van der Waals surface area contributed by atoms with Crippen LogP contribution in [0.3, 0.4) is 0 Å². The summed E-state index contributed by atoms with van der Waals surface area (Å²) in [6, 6.07) is 1.62. The number of sulfonamides is 1. The zero-order chi connectivity index (χ0) is 15.5. The van der Waals surface area contributed by atoms with Crippen molar-refractivity contribution in [2.75, 3.05) is 13.1 Å². The van der Waals surface area contributed by atoms with E-state index in [0.717, 1.165) is 19.4 Å². The maximum atomic E-state index is 12.4. The standard InChI is InChI=1S/C15H26N2O3S/c1-4-16-10-14-8-15(12(3)20-14)21(18,19)17-9-13-6-5-11(2)7-13/h8,11,13,16-17H,4-7,9-10H2,1-3H3. The lowest BCUT2D eigenvalue weighted by Crippen LogP contribution is -2.28. The number of hydrogen-bond acceptors (Lipinski definition) is 4. The van der Waals surface area contributed by atoms with Gasteiger partial charge in [-0.15, -0.1) is 0 Å². The van der Waals surface area contributed by atoms with Crippen molar-refractivity contribution in [3.63, 3.8) is 0 Å². The van der Waals surface area contributed by atoms with Crippen LogP contribution < -0.4 is 10.0 Å². The van der Waals surface area contributed by atoms with Gasteiger partial charge in [0.15, 0.2) is 0 Å². The normalized spacial score (nSPS) is 22.8. The van der Waals surface area contributed by atoms with Gasteiger partial charge in [0, 0.05) is 12.6 Å². The van der Waals surface area contributed by atoms with Crippen LogP contribution in [0.4, 0.5) is 0 Å². The molecule has 120 valence electrons. The van der Waals surface area contributed by atoms with E-state index in [2.05, 4.69) is 17.0 Å². The number of furan rings is 1. The number of rotatable bonds is 7. The predicted octanol–water partition coefficient (Wildman–Crippen LogP) is 2.41. The van der Waals surface area contributed by atoms with Crippen LogP contribution in [0.25, 0.3) is 0 Å². The first-order valence-corrected chi connectivity index (χ1v) is 9.20. The molecule has 6 heteroatoms. The molecule has 0 aromatic carbocycles. The Morgan fingerprint density at radius 2 is 2.14 bits per heavy atom. The van der Waals surface area contributed by atoms with Gasteiger partial charge < -0.3 is 9.73 Å². The fraction of sp³-hybridized carbons (Fsp3) is 0.733. The molecule has 0 aliphatic heterocycles. The topological polar surface area (TPSA) is 71.3 Å². The summed E-state index contributed by atoms with van der Waals surface area (Å²) in [7, 11) is -3.47. The van der Waals surface area contributed by atoms with Gasteiger partial charge >= 0.3 is 0 Å². The van der Waals surface area contributed by atoms with Gasteiger partial charge in [-0.05, 0) is 38.1 Å². The lowest BCUT2D eigenvalue weighted by molar-refractivity contribution is 0.459. The Morgan fingerprint density at radius 3 is 2.76 bits per heavy atom. The Labute approximate surface area is 127 Å². The molecule has 1 fully saturated rings. The van der Waals surface area contributed by atoms with Crippen molar-refractivity contribution >= 4 is 10.0 Å². The predicted molar refractivity (Wildman–Crippen MR) is 82.5 cm³/mol. The Bertz CT molecular complexity index is 565. The van der Waals surface area contributed by atoms with Crippen molar-refractivity contribution in [3.8, 4) is 0 Å². The van der Waals surface area contributed by atoms with E-state index in [-0.39, 0.29) is 4.90 Å². The molecule has 0 saturated heterocycles. The molecule has 1 saturated carbocycles. The molecule has 0 spiro atoms. The lowest BCUT2D eigenvalue weighted by Gasteiger charge is -2.11. The highest BCUT2D eigenvalue weighted by atomic mass is 32.2. The van der Waals surface area contributed by atoms with Crippen LogP contribution in [0.1, 0.15) is 44.6 Å². The quantitative estimate of drug-likeness (QED) is 0.811. The summed E-state index contributed by atoms with van der Waals surface area (Å²) in [6.45, 7) is 7.81. The van der Waals surface area contributed by atoms with E-state index < -0.39 is 10.0 Å². The third-order valence-electron chi connectivity index (χ3n) is 4.13. The van der Waals surface area contributed by atoms with Crippen LogP contribution in [-0.2, 0) is 16.6 Å². The van der Waals surface area contributed by atoms with Crippen molar-refractivity contribution in [1.82, 2.24) is 10.0 Å². The average Bonchev–Trinajstić information content (AvgIpc) is 3.00. The largest absolute Gasteiger partial charge is 0.464 e. The fourth-order valence-corrected chi connectivity index (χ4v) is 4.26. The van der Waals surface area contributed by atoms with E-state index in [1.54, 1.807) is 13.0 Å². The van der Waals surface area contributed by atoms with Gasteiger partial charge in [-0.3, -0.25) is 0 Å². The molecule has 0 radical (unpaired) electrons. The molecule has 1 aliphatic carbocycles. The molecule has 2 rings (SSSR count). The second kappa shape index (κ2) is 6.94. The summed E-state index contributed by atoms with van der Waals surface area (Å²) >= 11 is 0. The van der Waals surface area contributed by atoms with Gasteiger partial charge in [-0.25, -0.2) is 13.1 Å². The molecule has 1 aromatic heterocycles. The number of aryl methyl sites for hydroxylation is 1. The first-order chi connectivity index (χ1) is 9.92. The second-order valence-electron chi connectivity index (χ2n) is 6.05. The SMILES string of the molecule is CCNCc1cc(S(=O)(=O)NCC2CCC(C)C2)c(C)o1. The molecular formula is C15H26N2O3S. The second-order valence-corrected chi connectivity index (χ2v) is 7.79. The maximum Gasteiger partial charge on any atom is 0.244 e. The first-order valence-electron chi connectivity index (χ1n) is 7.72. The molecule has 2 atom stereocenters. The zero-order valence-electron chi connectivity index (χ0n) is 13.1. The third kappa shape index (κ3) is 4.31. The highest BCUT2D eigenvalue weighted by Gasteiger charge is 2.25. The highest BCUT2D eigenvalue weighted by molar-refractivity contribution is 7.89. The van der Waals surface area contributed by atoms with E-state index in [1.807, 2.05) is 6.92 Å². The van der Waals surface area contributed by atoms with E-state index in [9.17, 15) is 8.42 Å². The van der Waals surface area contributed by atoms with Gasteiger partial charge in [0.2, 0.25) is 10.0 Å². The van der Waals surface area contributed by atoms with Crippen LogP contribution >= 0.6 is 0 Å². The van der Waals surface area contributed by atoms with Crippen molar-refractivity contribution in [2.45, 2.75) is 51.5 Å². The van der Waals surface area contributed by atoms with Crippen molar-refractivity contribution in [1.29, 1.82) is 0 Å². The Morgan fingerprint density at radius 1 is 1.38 bits per heavy atom. The molecule has 0 amide bonds. The summed E-state index contributed by atoms with van der Waals surface area (Å²) in [5, 5.41) is 3.13. The van der Waals surface area contributed by atoms with E-state index in [0.29, 0.717) is 36.4 Å². The van der Waals surface area contributed by atoms with Crippen LogP contribution in [0.15, 0.2) is 15.4 Å². The minimum atomic E-state index is -3.47. The van der Waals surface area contributed by atoms with Crippen LogP contribution in [0, 0.1) is 18.8 Å². The molecule has 1 aliphatic rings. The van der Waals surface area contributed by atoms with Crippen molar-refractivity contribution in [2.24, 2.45) is 11.8 Å². The first kappa shape index (κ1) is 16.5. The summed E-state index contributed by atoms with van der Waals surface area (Å²) in [5.41, 5.74) is 0. The summed E-state index contributed by atoms with van der Waals surface area (Å²) in [4.78, 5) is 0.265. The molecule has 5 nitrogen and oxygen atoms in total. The molecule has 0 bridgehead atoms. The molecule has 2 unspecified atom stereocenters. The van der Waals surface area contributed by atoms with Crippen molar-refractivity contribution in [3.05, 3.63) is 17.6 Å². The zero-order valence-corrected chi connectivity index (χ0v) is 13.9. The summed E-state index contributed by atoms with van der Waals surface area (Å²) < 4.78 is 33.0. The Hall–Kier alpha value is -0.850. The van der Waals surface area contributed by atoms with Gasteiger partial charge in [-0.2, -0.15) is 0 Å². The molecule has 1 heterocycles. The number of nitrogens with one attached hydrogen (secondary N) is 2.